The van der Waals surface area contributed by atoms with Gasteiger partial charge in [0.05, 0.1) is 0 Å². The minimum absolute atomic E-state index is 0.0107. The van der Waals surface area contributed by atoms with Crippen molar-refractivity contribution in [2.75, 3.05) is 26.7 Å². The van der Waals surface area contributed by atoms with Crippen LogP contribution >= 0.6 is 0 Å². The van der Waals surface area contributed by atoms with Crippen LogP contribution in [0.25, 0.3) is 0 Å². The van der Waals surface area contributed by atoms with Crippen molar-refractivity contribution in [1.82, 2.24) is 10.6 Å². The van der Waals surface area contributed by atoms with Gasteiger partial charge in [-0.05, 0) is 32.0 Å². The minimum Gasteiger partial charge on any atom is -0.492 e. The first-order chi connectivity index (χ1) is 8.33. The predicted molar refractivity (Wildman–Crippen MR) is 66.5 cm³/mol. The van der Waals surface area contributed by atoms with Crippen molar-refractivity contribution in [2.45, 2.75) is 12.8 Å². The van der Waals surface area contributed by atoms with Crippen molar-refractivity contribution in [1.29, 1.82) is 0 Å². The fourth-order valence-electron chi connectivity index (χ4n) is 2.00. The average Bonchev–Trinajstić information content (AvgIpc) is 2.53. The molecule has 0 radical (unpaired) electrons. The Morgan fingerprint density at radius 1 is 1.47 bits per heavy atom. The topological polar surface area (TPSA) is 50.4 Å². The third-order valence-electron chi connectivity index (χ3n) is 2.88. The monoisotopic (exact) mass is 234 g/mol. The van der Waals surface area contributed by atoms with Crippen molar-refractivity contribution in [3.8, 4) is 5.75 Å². The van der Waals surface area contributed by atoms with Gasteiger partial charge in [0, 0.05) is 24.2 Å². The summed E-state index contributed by atoms with van der Waals surface area (Å²) in [5.41, 5.74) is 1.79. The normalized spacial score (nSPS) is 14.8. The van der Waals surface area contributed by atoms with E-state index in [2.05, 4.69) is 10.6 Å². The largest absolute Gasteiger partial charge is 0.492 e. The predicted octanol–water partition coefficient (Wildman–Crippen LogP) is 0.961. The molecule has 1 aliphatic heterocycles. The van der Waals surface area contributed by atoms with Crippen molar-refractivity contribution < 1.29 is 9.53 Å². The number of rotatable bonds is 4. The maximum Gasteiger partial charge on any atom is 0.251 e. The molecular formula is C13H18N2O2. The van der Waals surface area contributed by atoms with Crippen LogP contribution in [-0.4, -0.2) is 32.7 Å². The highest BCUT2D eigenvalue weighted by molar-refractivity contribution is 5.96. The Bertz CT molecular complexity index is 404. The molecule has 0 saturated carbocycles. The fraction of sp³-hybridized carbons (Fsp3) is 0.462. The number of benzene rings is 1. The van der Waals surface area contributed by atoms with Gasteiger partial charge in [0.15, 0.2) is 0 Å². The molecule has 0 spiro atoms. The van der Waals surface area contributed by atoms with E-state index >= 15 is 0 Å². The molecule has 17 heavy (non-hydrogen) atoms. The van der Waals surface area contributed by atoms with Crippen LogP contribution in [0.2, 0.25) is 0 Å². The number of likely N-dealkylation sites (N-methyl/N-ethyl adjacent to an activating group) is 1. The zero-order chi connectivity index (χ0) is 12.1. The Hall–Kier alpha value is -1.55. The Labute approximate surface area is 101 Å². The molecule has 0 aliphatic carbocycles. The molecule has 0 saturated heterocycles. The molecule has 0 fully saturated rings. The van der Waals surface area contributed by atoms with Gasteiger partial charge in [0.2, 0.25) is 0 Å². The molecule has 0 aromatic heterocycles. The number of carbonyl (C=O) groups excluding carboxylic acids is 1. The highest BCUT2D eigenvalue weighted by Gasteiger charge is 2.18. The van der Waals surface area contributed by atoms with Crippen LogP contribution in [0.5, 0.6) is 5.75 Å². The summed E-state index contributed by atoms with van der Waals surface area (Å²) in [7, 11) is 1.89. The van der Waals surface area contributed by atoms with Crippen LogP contribution in [0.15, 0.2) is 18.2 Å². The molecule has 0 bridgehead atoms. The maximum absolute atomic E-state index is 11.8. The summed E-state index contributed by atoms with van der Waals surface area (Å²) in [6, 6.07) is 5.67. The van der Waals surface area contributed by atoms with E-state index in [1.54, 1.807) is 0 Å². The lowest BCUT2D eigenvalue weighted by molar-refractivity contribution is 0.0955. The van der Waals surface area contributed by atoms with Crippen molar-refractivity contribution in [3.63, 3.8) is 0 Å². The summed E-state index contributed by atoms with van der Waals surface area (Å²) in [6.45, 7) is 2.16. The van der Waals surface area contributed by atoms with Crippen LogP contribution in [0.3, 0.4) is 0 Å². The van der Waals surface area contributed by atoms with Gasteiger partial charge in [-0.1, -0.05) is 6.07 Å². The lowest BCUT2D eigenvalue weighted by Crippen LogP contribution is -2.22. The lowest BCUT2D eigenvalue weighted by Gasteiger charge is -2.12. The third-order valence-corrected chi connectivity index (χ3v) is 2.88. The Morgan fingerprint density at radius 3 is 3.18 bits per heavy atom. The molecule has 4 heteroatoms. The summed E-state index contributed by atoms with van der Waals surface area (Å²) in [5.74, 6) is 0.853. The van der Waals surface area contributed by atoms with Gasteiger partial charge in [-0.15, -0.1) is 0 Å². The van der Waals surface area contributed by atoms with E-state index in [1.165, 1.54) is 0 Å². The number of nitrogens with one attached hydrogen (secondary N) is 2. The van der Waals surface area contributed by atoms with Gasteiger partial charge < -0.3 is 15.4 Å². The second-order valence-electron chi connectivity index (χ2n) is 4.09. The molecule has 0 unspecified atom stereocenters. The molecule has 1 aliphatic rings. The van der Waals surface area contributed by atoms with E-state index < -0.39 is 0 Å². The minimum atomic E-state index is 0.0107. The first-order valence-corrected chi connectivity index (χ1v) is 6.00. The SMILES string of the molecule is CNCCOc1cccc2c1CCCNC2=O. The van der Waals surface area contributed by atoms with Crippen molar-refractivity contribution >= 4 is 5.91 Å². The summed E-state index contributed by atoms with van der Waals surface area (Å²) in [6.07, 6.45) is 1.86. The van der Waals surface area contributed by atoms with Crippen LogP contribution in [0, 0.1) is 0 Å². The Balaban J connectivity index is 2.22. The summed E-state index contributed by atoms with van der Waals surface area (Å²) in [5, 5.41) is 5.92. The number of carbonyl (C=O) groups is 1. The van der Waals surface area contributed by atoms with E-state index in [9.17, 15) is 4.79 Å². The molecule has 1 heterocycles. The maximum atomic E-state index is 11.8. The van der Waals surface area contributed by atoms with Crippen LogP contribution in [0.1, 0.15) is 22.3 Å². The van der Waals surface area contributed by atoms with Crippen LogP contribution in [-0.2, 0) is 6.42 Å². The smallest absolute Gasteiger partial charge is 0.251 e. The van der Waals surface area contributed by atoms with Crippen molar-refractivity contribution in [2.24, 2.45) is 0 Å². The molecule has 1 aromatic rings. The van der Waals surface area contributed by atoms with Gasteiger partial charge in [-0.25, -0.2) is 0 Å². The highest BCUT2D eigenvalue weighted by atomic mass is 16.5. The van der Waals surface area contributed by atoms with E-state index in [-0.39, 0.29) is 5.91 Å². The number of hydrogen-bond donors (Lipinski definition) is 2. The molecular weight excluding hydrogens is 216 g/mol. The quantitative estimate of drug-likeness (QED) is 0.763. The van der Waals surface area contributed by atoms with E-state index in [0.29, 0.717) is 6.61 Å². The molecule has 4 nitrogen and oxygen atoms in total. The molecule has 0 atom stereocenters. The zero-order valence-electron chi connectivity index (χ0n) is 10.1. The molecule has 1 amide bonds. The standard InChI is InChI=1S/C13H18N2O2/c1-14-8-9-17-12-6-2-4-11-10(12)5-3-7-15-13(11)16/h2,4,6,14H,3,5,7-9H2,1H3,(H,15,16). The van der Waals surface area contributed by atoms with Gasteiger partial charge >= 0.3 is 0 Å². The van der Waals surface area contributed by atoms with Gasteiger partial charge in [-0.2, -0.15) is 0 Å². The second kappa shape index (κ2) is 5.68. The van der Waals surface area contributed by atoms with Crippen molar-refractivity contribution in [3.05, 3.63) is 29.3 Å². The second-order valence-corrected chi connectivity index (χ2v) is 4.09. The van der Waals surface area contributed by atoms with Gasteiger partial charge in [-0.3, -0.25) is 4.79 Å². The summed E-state index contributed by atoms with van der Waals surface area (Å²) < 4.78 is 5.71. The molecule has 1 aromatic carbocycles. The van der Waals surface area contributed by atoms with Gasteiger partial charge in [0.1, 0.15) is 12.4 Å². The van der Waals surface area contributed by atoms with E-state index in [0.717, 1.165) is 42.8 Å². The number of fused-ring (bicyclic) bond motifs is 1. The molecule has 2 rings (SSSR count). The lowest BCUT2D eigenvalue weighted by atomic mass is 10.0. The number of hydrogen-bond acceptors (Lipinski definition) is 3. The fourth-order valence-corrected chi connectivity index (χ4v) is 2.00. The summed E-state index contributed by atoms with van der Waals surface area (Å²) >= 11 is 0. The number of amides is 1. The van der Waals surface area contributed by atoms with E-state index in [1.807, 2.05) is 25.2 Å². The van der Waals surface area contributed by atoms with Crippen LogP contribution in [0.4, 0.5) is 0 Å². The zero-order valence-corrected chi connectivity index (χ0v) is 10.1. The molecule has 92 valence electrons. The van der Waals surface area contributed by atoms with Crippen LogP contribution < -0.4 is 15.4 Å². The first-order valence-electron chi connectivity index (χ1n) is 6.00. The third kappa shape index (κ3) is 2.77. The first kappa shape index (κ1) is 11.9. The number of ether oxygens (including phenoxy) is 1. The Kier molecular flexibility index (Phi) is 3.98. The van der Waals surface area contributed by atoms with Gasteiger partial charge in [0.25, 0.3) is 5.91 Å². The highest BCUT2D eigenvalue weighted by Crippen LogP contribution is 2.25. The summed E-state index contributed by atoms with van der Waals surface area (Å²) in [4.78, 5) is 11.8. The Morgan fingerprint density at radius 2 is 2.35 bits per heavy atom. The van der Waals surface area contributed by atoms with E-state index in [4.69, 9.17) is 4.74 Å². The average molecular weight is 234 g/mol. The molecule has 2 N–H and O–H groups in total.